The van der Waals surface area contributed by atoms with Gasteiger partial charge in [-0.15, -0.1) is 0 Å². The molecule has 0 spiro atoms. The summed E-state index contributed by atoms with van der Waals surface area (Å²) in [4.78, 5) is 10.7. The van der Waals surface area contributed by atoms with Crippen molar-refractivity contribution in [2.75, 3.05) is 0 Å². The molecule has 0 aromatic heterocycles. The third-order valence-corrected chi connectivity index (χ3v) is 6.75. The van der Waals surface area contributed by atoms with Crippen LogP contribution in [0.25, 0.3) is 0 Å². The van der Waals surface area contributed by atoms with E-state index in [1.165, 1.54) is 12.1 Å². The number of hydrogen-bond acceptors (Lipinski definition) is 3. The van der Waals surface area contributed by atoms with Crippen LogP contribution in [0.2, 0.25) is 5.02 Å². The number of carbonyl (C=O) groups is 1. The summed E-state index contributed by atoms with van der Waals surface area (Å²) < 4.78 is 41.8. The van der Waals surface area contributed by atoms with Crippen LogP contribution in [0.15, 0.2) is 77.7 Å². The van der Waals surface area contributed by atoms with Crippen LogP contribution >= 0.6 is 11.6 Å². The maximum Gasteiger partial charge on any atom is 0.303 e. The van der Waals surface area contributed by atoms with Crippen LogP contribution in [0.4, 0.5) is 4.39 Å². The van der Waals surface area contributed by atoms with E-state index in [0.717, 1.165) is 28.8 Å². The minimum atomic E-state index is -3.89. The zero-order valence-electron chi connectivity index (χ0n) is 17.2. The van der Waals surface area contributed by atoms with Crippen LogP contribution < -0.4 is 4.72 Å². The van der Waals surface area contributed by atoms with E-state index in [1.807, 2.05) is 36.4 Å². The lowest BCUT2D eigenvalue weighted by Crippen LogP contribution is -2.30. The fourth-order valence-corrected chi connectivity index (χ4v) is 4.66. The van der Waals surface area contributed by atoms with E-state index in [0.29, 0.717) is 24.3 Å². The fourth-order valence-electron chi connectivity index (χ4n) is 3.31. The van der Waals surface area contributed by atoms with Crippen molar-refractivity contribution in [3.05, 3.63) is 100 Å². The van der Waals surface area contributed by atoms with Gasteiger partial charge in [-0.05, 0) is 72.4 Å². The minimum absolute atomic E-state index is 0.0229. The summed E-state index contributed by atoms with van der Waals surface area (Å²) in [5, 5.41) is 9.37. The standard InChI is InChI=1S/C24H23ClFNO4S/c25-20-10-6-18(7-11-20)16-23(27-32(30,31)22-14-12-21(26)13-15-22)19-8-4-17(5-9-19)2-1-3-24(28)29/h4-15,23,27H,1-3,16H2,(H,28,29). The normalized spacial score (nSPS) is 12.4. The third kappa shape index (κ3) is 6.88. The smallest absolute Gasteiger partial charge is 0.303 e. The molecule has 0 amide bonds. The van der Waals surface area contributed by atoms with Crippen LogP contribution in [-0.2, 0) is 27.7 Å². The molecule has 8 heteroatoms. The van der Waals surface area contributed by atoms with Gasteiger partial charge in [0.2, 0.25) is 10.0 Å². The monoisotopic (exact) mass is 475 g/mol. The fraction of sp³-hybridized carbons (Fsp3) is 0.208. The van der Waals surface area contributed by atoms with Crippen LogP contribution in [0.5, 0.6) is 0 Å². The van der Waals surface area contributed by atoms with Gasteiger partial charge in [-0.3, -0.25) is 4.79 Å². The van der Waals surface area contributed by atoms with Gasteiger partial charge in [0.15, 0.2) is 0 Å². The Morgan fingerprint density at radius 1 is 0.938 bits per heavy atom. The average Bonchev–Trinajstić information content (AvgIpc) is 2.75. The summed E-state index contributed by atoms with van der Waals surface area (Å²) in [6.07, 6.45) is 1.63. The highest BCUT2D eigenvalue weighted by Crippen LogP contribution is 2.24. The second-order valence-corrected chi connectivity index (χ2v) is 9.60. The van der Waals surface area contributed by atoms with Crippen LogP contribution in [0.3, 0.4) is 0 Å². The predicted molar refractivity (Wildman–Crippen MR) is 122 cm³/mol. The maximum absolute atomic E-state index is 13.2. The third-order valence-electron chi connectivity index (χ3n) is 5.01. The number of carboxylic acid groups (broad SMARTS) is 1. The molecule has 2 N–H and O–H groups in total. The van der Waals surface area contributed by atoms with Gasteiger partial charge >= 0.3 is 5.97 Å². The molecule has 32 heavy (non-hydrogen) atoms. The van der Waals surface area contributed by atoms with Gasteiger partial charge in [-0.2, -0.15) is 0 Å². The lowest BCUT2D eigenvalue weighted by Gasteiger charge is -2.20. The van der Waals surface area contributed by atoms with Gasteiger partial charge in [-0.1, -0.05) is 48.0 Å². The first-order valence-corrected chi connectivity index (χ1v) is 11.9. The van der Waals surface area contributed by atoms with Crippen molar-refractivity contribution in [1.29, 1.82) is 0 Å². The van der Waals surface area contributed by atoms with Gasteiger partial charge in [-0.25, -0.2) is 17.5 Å². The Balaban J connectivity index is 1.84. The van der Waals surface area contributed by atoms with Gasteiger partial charge in [0.05, 0.1) is 10.9 Å². The number of aryl methyl sites for hydroxylation is 1. The van der Waals surface area contributed by atoms with Crippen molar-refractivity contribution in [2.24, 2.45) is 0 Å². The molecule has 0 heterocycles. The lowest BCUT2D eigenvalue weighted by molar-refractivity contribution is -0.137. The minimum Gasteiger partial charge on any atom is -0.481 e. The highest BCUT2D eigenvalue weighted by Gasteiger charge is 2.22. The highest BCUT2D eigenvalue weighted by atomic mass is 35.5. The highest BCUT2D eigenvalue weighted by molar-refractivity contribution is 7.89. The number of nitrogens with one attached hydrogen (secondary N) is 1. The Morgan fingerprint density at radius 2 is 1.53 bits per heavy atom. The predicted octanol–water partition coefficient (Wildman–Crippen LogP) is 5.15. The molecule has 1 atom stereocenters. The molecule has 0 saturated carbocycles. The first-order chi connectivity index (χ1) is 15.2. The maximum atomic E-state index is 13.2. The van der Waals surface area contributed by atoms with Crippen molar-refractivity contribution in [3.8, 4) is 0 Å². The van der Waals surface area contributed by atoms with Crippen molar-refractivity contribution in [2.45, 2.75) is 36.6 Å². The van der Waals surface area contributed by atoms with Gasteiger partial charge in [0.25, 0.3) is 0 Å². The Kier molecular flexibility index (Phi) is 8.01. The molecule has 0 aliphatic carbocycles. The molecule has 0 fully saturated rings. The molecule has 0 aliphatic heterocycles. The first kappa shape index (κ1) is 23.9. The zero-order valence-corrected chi connectivity index (χ0v) is 18.7. The number of rotatable bonds is 10. The molecule has 0 bridgehead atoms. The van der Waals surface area contributed by atoms with E-state index >= 15 is 0 Å². The molecule has 168 valence electrons. The zero-order chi connectivity index (χ0) is 23.1. The topological polar surface area (TPSA) is 83.5 Å². The largest absolute Gasteiger partial charge is 0.481 e. The number of sulfonamides is 1. The Morgan fingerprint density at radius 3 is 2.12 bits per heavy atom. The second-order valence-electron chi connectivity index (χ2n) is 7.45. The van der Waals surface area contributed by atoms with Crippen molar-refractivity contribution in [1.82, 2.24) is 4.72 Å². The van der Waals surface area contributed by atoms with Crippen LogP contribution in [0, 0.1) is 5.82 Å². The van der Waals surface area contributed by atoms with E-state index in [4.69, 9.17) is 16.7 Å². The van der Waals surface area contributed by atoms with Crippen molar-refractivity contribution in [3.63, 3.8) is 0 Å². The number of hydrogen-bond donors (Lipinski definition) is 2. The molecule has 1 unspecified atom stereocenters. The van der Waals surface area contributed by atoms with Crippen molar-refractivity contribution < 1.29 is 22.7 Å². The Labute approximate surface area is 191 Å². The Hall–Kier alpha value is -2.74. The van der Waals surface area contributed by atoms with E-state index in [-0.39, 0.29) is 11.3 Å². The molecule has 5 nitrogen and oxygen atoms in total. The summed E-state index contributed by atoms with van der Waals surface area (Å²) in [6.45, 7) is 0. The van der Waals surface area contributed by atoms with Gasteiger partial charge in [0.1, 0.15) is 5.82 Å². The summed E-state index contributed by atoms with van der Waals surface area (Å²) in [5.41, 5.74) is 2.63. The first-order valence-electron chi connectivity index (χ1n) is 10.1. The summed E-state index contributed by atoms with van der Waals surface area (Å²) >= 11 is 5.96. The van der Waals surface area contributed by atoms with Crippen LogP contribution in [-0.4, -0.2) is 19.5 Å². The number of aliphatic carboxylic acids is 1. The molecule has 0 radical (unpaired) electrons. The molecular weight excluding hydrogens is 453 g/mol. The second kappa shape index (κ2) is 10.7. The van der Waals surface area contributed by atoms with E-state index in [2.05, 4.69) is 4.72 Å². The molecule has 3 aromatic carbocycles. The summed E-state index contributed by atoms with van der Waals surface area (Å²) in [6, 6.07) is 18.7. The summed E-state index contributed by atoms with van der Waals surface area (Å²) in [5.74, 6) is -1.35. The van der Waals surface area contributed by atoms with Crippen LogP contribution in [0.1, 0.15) is 35.6 Å². The van der Waals surface area contributed by atoms with Gasteiger partial charge in [0, 0.05) is 11.4 Å². The lowest BCUT2D eigenvalue weighted by atomic mass is 9.97. The molecule has 0 saturated heterocycles. The molecular formula is C24H23ClFNO4S. The van der Waals surface area contributed by atoms with E-state index in [9.17, 15) is 17.6 Å². The Bertz CT molecular complexity index is 1150. The van der Waals surface area contributed by atoms with E-state index < -0.39 is 27.9 Å². The molecule has 3 rings (SSSR count). The van der Waals surface area contributed by atoms with Crippen molar-refractivity contribution >= 4 is 27.6 Å². The summed E-state index contributed by atoms with van der Waals surface area (Å²) in [7, 11) is -3.89. The SMILES string of the molecule is O=C(O)CCCc1ccc(C(Cc2ccc(Cl)cc2)NS(=O)(=O)c2ccc(F)cc2)cc1. The van der Waals surface area contributed by atoms with E-state index in [1.54, 1.807) is 12.1 Å². The quantitative estimate of drug-likeness (QED) is 0.425. The molecule has 3 aromatic rings. The number of benzene rings is 3. The number of halogens is 2. The molecule has 0 aliphatic rings. The average molecular weight is 476 g/mol. The number of carboxylic acids is 1. The van der Waals surface area contributed by atoms with Gasteiger partial charge < -0.3 is 5.11 Å².